The molecule has 0 fully saturated rings. The van der Waals surface area contributed by atoms with Crippen LogP contribution in [0.1, 0.15) is 12.5 Å². The number of amides is 2. The van der Waals surface area contributed by atoms with Gasteiger partial charge in [-0.2, -0.15) is 0 Å². The molecule has 0 spiro atoms. The quantitative estimate of drug-likeness (QED) is 0.752. The summed E-state index contributed by atoms with van der Waals surface area (Å²) in [5.41, 5.74) is 0.874. The maximum Gasteiger partial charge on any atom is 0.328 e. The van der Waals surface area contributed by atoms with Gasteiger partial charge in [0.05, 0.1) is 14.2 Å². The molecular weight excluding hydrogens is 288 g/mol. The topological polar surface area (TPSA) is 93.7 Å². The van der Waals surface area contributed by atoms with E-state index in [4.69, 9.17) is 0 Å². The van der Waals surface area contributed by atoms with Gasteiger partial charge in [0.15, 0.2) is 0 Å². The fourth-order valence-electron chi connectivity index (χ4n) is 1.82. The molecule has 0 aromatic heterocycles. The Hall–Kier alpha value is -2.57. The Morgan fingerprint density at radius 1 is 1.00 bits per heavy atom. The number of rotatable bonds is 6. The molecule has 0 aliphatic rings. The Balaban J connectivity index is 2.67. The number of carbonyl (C=O) groups excluding carboxylic acids is 3. The molecule has 1 rings (SSSR count). The van der Waals surface area contributed by atoms with Crippen LogP contribution in [0.5, 0.6) is 0 Å². The zero-order valence-electron chi connectivity index (χ0n) is 12.8. The van der Waals surface area contributed by atoms with E-state index in [2.05, 4.69) is 20.1 Å². The van der Waals surface area contributed by atoms with Crippen LogP contribution in [0.2, 0.25) is 0 Å². The molecule has 7 heteroatoms. The Bertz CT molecular complexity index is 518. The van der Waals surface area contributed by atoms with E-state index >= 15 is 0 Å². The van der Waals surface area contributed by atoms with Crippen molar-refractivity contribution in [1.29, 1.82) is 0 Å². The second-order valence-corrected chi connectivity index (χ2v) is 4.63. The van der Waals surface area contributed by atoms with E-state index in [1.54, 1.807) is 0 Å². The van der Waals surface area contributed by atoms with Crippen molar-refractivity contribution in [2.24, 2.45) is 0 Å². The van der Waals surface area contributed by atoms with E-state index in [9.17, 15) is 14.4 Å². The average molecular weight is 308 g/mol. The summed E-state index contributed by atoms with van der Waals surface area (Å²) in [6.45, 7) is 1.48. The van der Waals surface area contributed by atoms with Gasteiger partial charge in [-0.3, -0.25) is 0 Å². The number of hydrogen-bond donors (Lipinski definition) is 2. The average Bonchev–Trinajstić information content (AvgIpc) is 2.53. The van der Waals surface area contributed by atoms with Crippen molar-refractivity contribution in [3.05, 3.63) is 35.9 Å². The van der Waals surface area contributed by atoms with Gasteiger partial charge < -0.3 is 20.1 Å². The zero-order chi connectivity index (χ0) is 16.5. The van der Waals surface area contributed by atoms with Gasteiger partial charge in [0.2, 0.25) is 0 Å². The fourth-order valence-corrected chi connectivity index (χ4v) is 1.82. The van der Waals surface area contributed by atoms with Gasteiger partial charge in [-0.15, -0.1) is 0 Å². The van der Waals surface area contributed by atoms with Crippen LogP contribution >= 0.6 is 0 Å². The van der Waals surface area contributed by atoms with Crippen LogP contribution < -0.4 is 10.6 Å². The van der Waals surface area contributed by atoms with E-state index in [1.807, 2.05) is 30.3 Å². The van der Waals surface area contributed by atoms with E-state index < -0.39 is 30.1 Å². The third kappa shape index (κ3) is 5.43. The highest BCUT2D eigenvalue weighted by atomic mass is 16.5. The molecule has 0 radical (unpaired) electrons. The molecule has 1 aromatic carbocycles. The van der Waals surface area contributed by atoms with Crippen LogP contribution in [0.3, 0.4) is 0 Å². The number of nitrogens with one attached hydrogen (secondary N) is 2. The summed E-state index contributed by atoms with van der Waals surface area (Å²) >= 11 is 0. The SMILES string of the molecule is COC(=O)[C@H](C)NC(=O)N[C@@H](Cc1ccccc1)C(=O)OC. The number of methoxy groups -OCH3 is 2. The number of carbonyl (C=O) groups is 3. The lowest BCUT2D eigenvalue weighted by Crippen LogP contribution is -2.51. The predicted molar refractivity (Wildman–Crippen MR) is 79.1 cm³/mol. The lowest BCUT2D eigenvalue weighted by atomic mass is 10.1. The summed E-state index contributed by atoms with van der Waals surface area (Å²) in [4.78, 5) is 34.9. The lowest BCUT2D eigenvalue weighted by molar-refractivity contribution is -0.142. The summed E-state index contributed by atoms with van der Waals surface area (Å²) in [5.74, 6) is -1.14. The minimum Gasteiger partial charge on any atom is -0.467 e. The minimum absolute atomic E-state index is 0.285. The minimum atomic E-state index is -0.850. The molecule has 0 aliphatic heterocycles. The standard InChI is InChI=1S/C15H20N2O5/c1-10(13(18)21-2)16-15(20)17-12(14(19)22-3)9-11-7-5-4-6-8-11/h4-8,10,12H,9H2,1-3H3,(H2,16,17,20)/t10-,12-/m0/s1. The van der Waals surface area contributed by atoms with Crippen molar-refractivity contribution in [2.75, 3.05) is 14.2 Å². The van der Waals surface area contributed by atoms with Crippen LogP contribution in [0.25, 0.3) is 0 Å². The van der Waals surface area contributed by atoms with Crippen LogP contribution in [-0.2, 0) is 25.5 Å². The first-order chi connectivity index (χ1) is 10.5. The first-order valence-electron chi connectivity index (χ1n) is 6.74. The van der Waals surface area contributed by atoms with E-state index in [0.29, 0.717) is 0 Å². The second-order valence-electron chi connectivity index (χ2n) is 4.63. The maximum absolute atomic E-state index is 11.9. The second kappa shape index (κ2) is 8.66. The molecule has 1 aromatic rings. The van der Waals surface area contributed by atoms with Gasteiger partial charge in [-0.05, 0) is 12.5 Å². The van der Waals surface area contributed by atoms with Crippen molar-refractivity contribution in [3.8, 4) is 0 Å². The Kier molecular flexibility index (Phi) is 6.88. The van der Waals surface area contributed by atoms with Gasteiger partial charge in [0.1, 0.15) is 12.1 Å². The van der Waals surface area contributed by atoms with Gasteiger partial charge in [0.25, 0.3) is 0 Å². The van der Waals surface area contributed by atoms with Crippen molar-refractivity contribution in [3.63, 3.8) is 0 Å². The number of ether oxygens (including phenoxy) is 2. The van der Waals surface area contributed by atoms with Crippen molar-refractivity contribution < 1.29 is 23.9 Å². The molecule has 0 heterocycles. The third-order valence-electron chi connectivity index (χ3n) is 2.98. The van der Waals surface area contributed by atoms with E-state index in [0.717, 1.165) is 5.56 Å². The summed E-state index contributed by atoms with van der Waals surface area (Å²) in [6, 6.07) is 6.89. The first-order valence-corrected chi connectivity index (χ1v) is 6.74. The van der Waals surface area contributed by atoms with E-state index in [-0.39, 0.29) is 6.42 Å². The summed E-state index contributed by atoms with van der Waals surface area (Å²) in [6.07, 6.45) is 0.285. The largest absolute Gasteiger partial charge is 0.467 e. The monoisotopic (exact) mass is 308 g/mol. The fraction of sp³-hybridized carbons (Fsp3) is 0.400. The number of esters is 2. The third-order valence-corrected chi connectivity index (χ3v) is 2.98. The van der Waals surface area contributed by atoms with E-state index in [1.165, 1.54) is 21.1 Å². The van der Waals surface area contributed by atoms with Crippen LogP contribution in [0.15, 0.2) is 30.3 Å². The van der Waals surface area contributed by atoms with Crippen LogP contribution in [-0.4, -0.2) is 44.3 Å². The van der Waals surface area contributed by atoms with Gasteiger partial charge in [-0.25, -0.2) is 14.4 Å². The van der Waals surface area contributed by atoms with Crippen molar-refractivity contribution in [1.82, 2.24) is 10.6 Å². The lowest BCUT2D eigenvalue weighted by Gasteiger charge is -2.18. The van der Waals surface area contributed by atoms with Crippen LogP contribution in [0.4, 0.5) is 4.79 Å². The summed E-state index contributed by atoms with van der Waals surface area (Å²) in [7, 11) is 2.47. The normalized spacial score (nSPS) is 12.7. The zero-order valence-corrected chi connectivity index (χ0v) is 12.8. The van der Waals surface area contributed by atoms with Crippen LogP contribution in [0, 0.1) is 0 Å². The number of hydrogen-bond acceptors (Lipinski definition) is 5. The van der Waals surface area contributed by atoms with Gasteiger partial charge >= 0.3 is 18.0 Å². The molecule has 2 N–H and O–H groups in total. The first kappa shape index (κ1) is 17.5. The number of benzene rings is 1. The molecule has 22 heavy (non-hydrogen) atoms. The molecule has 2 amide bonds. The molecule has 120 valence electrons. The maximum atomic E-state index is 11.9. The molecule has 0 saturated heterocycles. The van der Waals surface area contributed by atoms with Crippen molar-refractivity contribution >= 4 is 18.0 Å². The number of urea groups is 1. The smallest absolute Gasteiger partial charge is 0.328 e. The highest BCUT2D eigenvalue weighted by Gasteiger charge is 2.24. The van der Waals surface area contributed by atoms with Crippen molar-refractivity contribution in [2.45, 2.75) is 25.4 Å². The molecule has 0 bridgehead atoms. The molecule has 0 saturated carbocycles. The van der Waals surface area contributed by atoms with Gasteiger partial charge in [0, 0.05) is 6.42 Å². The molecule has 2 atom stereocenters. The Morgan fingerprint density at radius 2 is 1.59 bits per heavy atom. The summed E-state index contributed by atoms with van der Waals surface area (Å²) < 4.78 is 9.20. The predicted octanol–water partition coefficient (Wildman–Crippen LogP) is 0.631. The molecular formula is C15H20N2O5. The summed E-state index contributed by atoms with van der Waals surface area (Å²) in [5, 5.41) is 4.89. The Morgan fingerprint density at radius 3 is 2.14 bits per heavy atom. The molecule has 0 aliphatic carbocycles. The highest BCUT2D eigenvalue weighted by molar-refractivity contribution is 5.87. The Labute approximate surface area is 129 Å². The molecule has 0 unspecified atom stereocenters. The highest BCUT2D eigenvalue weighted by Crippen LogP contribution is 2.04. The van der Waals surface area contributed by atoms with Gasteiger partial charge in [-0.1, -0.05) is 30.3 Å². The molecule has 7 nitrogen and oxygen atoms in total.